The fourth-order valence-electron chi connectivity index (χ4n) is 0.730. The lowest BCUT2D eigenvalue weighted by atomic mass is 10.0. The third-order valence-electron chi connectivity index (χ3n) is 1.99. The van der Waals surface area contributed by atoms with Crippen LogP contribution in [0.2, 0.25) is 0 Å². The van der Waals surface area contributed by atoms with E-state index in [-0.39, 0.29) is 5.91 Å². The van der Waals surface area contributed by atoms with Crippen molar-refractivity contribution in [3.05, 3.63) is 0 Å². The number of amides is 1. The molecule has 0 aromatic carbocycles. The van der Waals surface area contributed by atoms with Crippen LogP contribution in [0.25, 0.3) is 0 Å². The van der Waals surface area contributed by atoms with Gasteiger partial charge in [0.15, 0.2) is 0 Å². The van der Waals surface area contributed by atoms with Crippen LogP contribution in [0.15, 0.2) is 0 Å². The topological polar surface area (TPSA) is 49.3 Å². The zero-order chi connectivity index (χ0) is 9.61. The van der Waals surface area contributed by atoms with Gasteiger partial charge >= 0.3 is 0 Å². The van der Waals surface area contributed by atoms with Crippen LogP contribution in [-0.4, -0.2) is 23.2 Å². The average molecular weight is 173 g/mol. The summed E-state index contributed by atoms with van der Waals surface area (Å²) in [5.41, 5.74) is -1.20. The number of aliphatic hydroxyl groups is 1. The van der Waals surface area contributed by atoms with E-state index in [0.29, 0.717) is 13.0 Å². The van der Waals surface area contributed by atoms with E-state index in [1.807, 2.05) is 0 Å². The van der Waals surface area contributed by atoms with E-state index in [1.54, 1.807) is 6.92 Å². The second-order valence-corrected chi connectivity index (χ2v) is 3.24. The molecule has 0 aromatic rings. The first kappa shape index (κ1) is 11.4. The van der Waals surface area contributed by atoms with E-state index >= 15 is 0 Å². The van der Waals surface area contributed by atoms with Gasteiger partial charge in [-0.25, -0.2) is 0 Å². The SMILES string of the molecule is CCCCNC(=O)C(C)(O)CC. The van der Waals surface area contributed by atoms with Crippen molar-refractivity contribution < 1.29 is 9.90 Å². The van der Waals surface area contributed by atoms with Crippen molar-refractivity contribution in [1.82, 2.24) is 5.32 Å². The zero-order valence-corrected chi connectivity index (χ0v) is 8.18. The molecule has 0 fully saturated rings. The summed E-state index contributed by atoms with van der Waals surface area (Å²) in [5, 5.41) is 12.2. The summed E-state index contributed by atoms with van der Waals surface area (Å²) in [7, 11) is 0. The molecule has 1 atom stereocenters. The van der Waals surface area contributed by atoms with Gasteiger partial charge in [0, 0.05) is 6.54 Å². The van der Waals surface area contributed by atoms with Gasteiger partial charge in [-0.3, -0.25) is 4.79 Å². The molecule has 3 nitrogen and oxygen atoms in total. The maximum absolute atomic E-state index is 11.2. The molecule has 0 saturated carbocycles. The van der Waals surface area contributed by atoms with Crippen molar-refractivity contribution in [2.24, 2.45) is 0 Å². The van der Waals surface area contributed by atoms with Gasteiger partial charge in [0.2, 0.25) is 0 Å². The quantitative estimate of drug-likeness (QED) is 0.611. The highest BCUT2D eigenvalue weighted by Crippen LogP contribution is 2.07. The van der Waals surface area contributed by atoms with E-state index in [0.717, 1.165) is 12.8 Å². The molecule has 0 rings (SSSR count). The fraction of sp³-hybridized carbons (Fsp3) is 0.889. The number of hydrogen-bond acceptors (Lipinski definition) is 2. The van der Waals surface area contributed by atoms with E-state index < -0.39 is 5.60 Å². The Morgan fingerprint density at radius 3 is 2.50 bits per heavy atom. The molecule has 0 aliphatic rings. The lowest BCUT2D eigenvalue weighted by molar-refractivity contribution is -0.138. The monoisotopic (exact) mass is 173 g/mol. The first-order valence-corrected chi connectivity index (χ1v) is 4.55. The van der Waals surface area contributed by atoms with Crippen molar-refractivity contribution in [1.29, 1.82) is 0 Å². The van der Waals surface area contributed by atoms with Crippen LogP contribution in [0.1, 0.15) is 40.0 Å². The van der Waals surface area contributed by atoms with Crippen molar-refractivity contribution in [2.75, 3.05) is 6.54 Å². The first-order valence-electron chi connectivity index (χ1n) is 4.55. The van der Waals surface area contributed by atoms with Crippen molar-refractivity contribution in [3.63, 3.8) is 0 Å². The summed E-state index contributed by atoms with van der Waals surface area (Å²) in [4.78, 5) is 11.2. The molecular formula is C9H19NO2. The number of unbranched alkanes of at least 4 members (excludes halogenated alkanes) is 1. The van der Waals surface area contributed by atoms with Crippen molar-refractivity contribution in [3.8, 4) is 0 Å². The molecule has 0 aliphatic carbocycles. The zero-order valence-electron chi connectivity index (χ0n) is 8.18. The van der Waals surface area contributed by atoms with E-state index in [4.69, 9.17) is 0 Å². The minimum absolute atomic E-state index is 0.265. The minimum Gasteiger partial charge on any atom is -0.380 e. The van der Waals surface area contributed by atoms with Gasteiger partial charge < -0.3 is 10.4 Å². The highest BCUT2D eigenvalue weighted by Gasteiger charge is 2.26. The Labute approximate surface area is 74.2 Å². The van der Waals surface area contributed by atoms with Crippen LogP contribution in [-0.2, 0) is 4.79 Å². The number of rotatable bonds is 5. The Hall–Kier alpha value is -0.570. The van der Waals surface area contributed by atoms with E-state index in [1.165, 1.54) is 6.92 Å². The molecule has 1 amide bonds. The van der Waals surface area contributed by atoms with Gasteiger partial charge in [-0.1, -0.05) is 20.3 Å². The molecule has 0 aliphatic heterocycles. The van der Waals surface area contributed by atoms with Crippen LogP contribution in [0.4, 0.5) is 0 Å². The minimum atomic E-state index is -1.20. The summed E-state index contributed by atoms with van der Waals surface area (Å²) in [6, 6.07) is 0. The molecule has 0 heterocycles. The number of nitrogens with one attached hydrogen (secondary N) is 1. The molecule has 1 unspecified atom stereocenters. The van der Waals surface area contributed by atoms with Gasteiger partial charge in [0.25, 0.3) is 5.91 Å². The summed E-state index contributed by atoms with van der Waals surface area (Å²) >= 11 is 0. The molecule has 3 heteroatoms. The predicted molar refractivity (Wildman–Crippen MR) is 48.8 cm³/mol. The summed E-state index contributed by atoms with van der Waals surface area (Å²) in [5.74, 6) is -0.265. The molecule has 0 bridgehead atoms. The van der Waals surface area contributed by atoms with Crippen LogP contribution < -0.4 is 5.32 Å². The van der Waals surface area contributed by atoms with Crippen LogP contribution in [0, 0.1) is 0 Å². The van der Waals surface area contributed by atoms with E-state index in [2.05, 4.69) is 12.2 Å². The standard InChI is InChI=1S/C9H19NO2/c1-4-6-7-10-8(11)9(3,12)5-2/h12H,4-7H2,1-3H3,(H,10,11). The largest absolute Gasteiger partial charge is 0.380 e. The van der Waals surface area contributed by atoms with Crippen LogP contribution in [0.3, 0.4) is 0 Å². The summed E-state index contributed by atoms with van der Waals surface area (Å²) < 4.78 is 0. The van der Waals surface area contributed by atoms with Crippen LogP contribution >= 0.6 is 0 Å². The lowest BCUT2D eigenvalue weighted by Crippen LogP contribution is -2.44. The second kappa shape index (κ2) is 5.14. The smallest absolute Gasteiger partial charge is 0.251 e. The highest BCUT2D eigenvalue weighted by molar-refractivity contribution is 5.84. The normalized spacial score (nSPS) is 15.3. The fourth-order valence-corrected chi connectivity index (χ4v) is 0.730. The maximum Gasteiger partial charge on any atom is 0.251 e. The summed E-state index contributed by atoms with van der Waals surface area (Å²) in [6.07, 6.45) is 2.46. The maximum atomic E-state index is 11.2. The van der Waals surface area contributed by atoms with Gasteiger partial charge in [-0.05, 0) is 19.8 Å². The molecule has 2 N–H and O–H groups in total. The van der Waals surface area contributed by atoms with Crippen molar-refractivity contribution >= 4 is 5.91 Å². The van der Waals surface area contributed by atoms with Crippen LogP contribution in [0.5, 0.6) is 0 Å². The Morgan fingerprint density at radius 2 is 2.08 bits per heavy atom. The Bertz CT molecular complexity index is 143. The molecule has 0 radical (unpaired) electrons. The Balaban J connectivity index is 3.72. The molecule has 72 valence electrons. The summed E-state index contributed by atoms with van der Waals surface area (Å²) in [6.45, 7) is 6.04. The van der Waals surface area contributed by atoms with E-state index in [9.17, 15) is 9.90 Å². The van der Waals surface area contributed by atoms with Gasteiger partial charge in [0.05, 0.1) is 0 Å². The Morgan fingerprint density at radius 1 is 1.50 bits per heavy atom. The van der Waals surface area contributed by atoms with Crippen molar-refractivity contribution in [2.45, 2.75) is 45.6 Å². The lowest BCUT2D eigenvalue weighted by Gasteiger charge is -2.19. The molecule has 0 spiro atoms. The van der Waals surface area contributed by atoms with Gasteiger partial charge in [-0.2, -0.15) is 0 Å². The molecular weight excluding hydrogens is 154 g/mol. The first-order chi connectivity index (χ1) is 5.54. The highest BCUT2D eigenvalue weighted by atomic mass is 16.3. The molecule has 0 aromatic heterocycles. The number of carbonyl (C=O) groups is 1. The second-order valence-electron chi connectivity index (χ2n) is 3.24. The van der Waals surface area contributed by atoms with Gasteiger partial charge in [0.1, 0.15) is 5.60 Å². The molecule has 12 heavy (non-hydrogen) atoms. The molecule has 0 saturated heterocycles. The third-order valence-corrected chi connectivity index (χ3v) is 1.99. The third kappa shape index (κ3) is 3.72. The number of carbonyl (C=O) groups excluding carboxylic acids is 1. The van der Waals surface area contributed by atoms with Gasteiger partial charge in [-0.15, -0.1) is 0 Å². The number of hydrogen-bond donors (Lipinski definition) is 2. The predicted octanol–water partition coefficient (Wildman–Crippen LogP) is 1.06. The Kier molecular flexibility index (Phi) is 4.90. The average Bonchev–Trinajstić information content (AvgIpc) is 2.05.